The largest absolute Gasteiger partial charge is 0.306 e. The van der Waals surface area contributed by atoms with Crippen LogP contribution in [0.1, 0.15) is 43.0 Å². The van der Waals surface area contributed by atoms with Crippen LogP contribution in [0.3, 0.4) is 0 Å². The third-order valence-electron chi connectivity index (χ3n) is 3.01. The Hall–Kier alpha value is -1.22. The van der Waals surface area contributed by atoms with Gasteiger partial charge < -0.3 is 4.90 Å². The standard InChI is InChI=1S/C15H22FNO/c1-3-4-5-10-17(2)11-9-15(18)13-7-6-8-14(16)12-13/h6-8,12H,3-5,9-11H2,1-2H3. The highest BCUT2D eigenvalue weighted by Crippen LogP contribution is 2.07. The molecule has 0 fully saturated rings. The molecule has 1 aromatic rings. The van der Waals surface area contributed by atoms with Gasteiger partial charge in [-0.3, -0.25) is 4.79 Å². The minimum Gasteiger partial charge on any atom is -0.306 e. The van der Waals surface area contributed by atoms with Gasteiger partial charge >= 0.3 is 0 Å². The molecule has 0 heterocycles. The molecule has 100 valence electrons. The molecular weight excluding hydrogens is 229 g/mol. The lowest BCUT2D eigenvalue weighted by atomic mass is 10.1. The topological polar surface area (TPSA) is 20.3 Å². The van der Waals surface area contributed by atoms with Crippen LogP contribution in [-0.2, 0) is 0 Å². The molecule has 0 atom stereocenters. The van der Waals surface area contributed by atoms with E-state index in [2.05, 4.69) is 11.8 Å². The van der Waals surface area contributed by atoms with Crippen LogP contribution in [-0.4, -0.2) is 30.8 Å². The van der Waals surface area contributed by atoms with Gasteiger partial charge in [0.15, 0.2) is 5.78 Å². The maximum absolute atomic E-state index is 13.0. The predicted octanol–water partition coefficient (Wildman–Crippen LogP) is 3.52. The van der Waals surface area contributed by atoms with Gasteiger partial charge in [0.05, 0.1) is 0 Å². The first-order valence-corrected chi connectivity index (χ1v) is 6.60. The van der Waals surface area contributed by atoms with Crippen molar-refractivity contribution in [2.75, 3.05) is 20.1 Å². The monoisotopic (exact) mass is 251 g/mol. The summed E-state index contributed by atoms with van der Waals surface area (Å²) < 4.78 is 13.0. The van der Waals surface area contributed by atoms with Crippen LogP contribution in [0.2, 0.25) is 0 Å². The molecular formula is C15H22FNO. The molecule has 0 saturated heterocycles. The van der Waals surface area contributed by atoms with E-state index < -0.39 is 0 Å². The molecule has 0 saturated carbocycles. The molecule has 0 aliphatic heterocycles. The van der Waals surface area contributed by atoms with Gasteiger partial charge in [0.2, 0.25) is 0 Å². The molecule has 0 N–H and O–H groups in total. The van der Waals surface area contributed by atoms with Gasteiger partial charge in [-0.25, -0.2) is 4.39 Å². The summed E-state index contributed by atoms with van der Waals surface area (Å²) in [6.07, 6.45) is 4.05. The van der Waals surface area contributed by atoms with Crippen LogP contribution < -0.4 is 0 Å². The Morgan fingerprint density at radius 2 is 2.06 bits per heavy atom. The molecule has 2 nitrogen and oxygen atoms in total. The second kappa shape index (κ2) is 7.98. The Bertz CT molecular complexity index is 379. The SMILES string of the molecule is CCCCCN(C)CCC(=O)c1cccc(F)c1. The Balaban J connectivity index is 2.32. The van der Waals surface area contributed by atoms with E-state index in [-0.39, 0.29) is 11.6 Å². The van der Waals surface area contributed by atoms with Crippen LogP contribution in [0.15, 0.2) is 24.3 Å². The first-order valence-electron chi connectivity index (χ1n) is 6.60. The minimum absolute atomic E-state index is 0.0110. The fourth-order valence-electron chi connectivity index (χ4n) is 1.84. The third kappa shape index (κ3) is 5.41. The number of nitrogens with zero attached hydrogens (tertiary/aromatic N) is 1. The van der Waals surface area contributed by atoms with Crippen molar-refractivity contribution in [1.82, 2.24) is 4.90 Å². The molecule has 18 heavy (non-hydrogen) atoms. The van der Waals surface area contributed by atoms with Crippen molar-refractivity contribution in [1.29, 1.82) is 0 Å². The van der Waals surface area contributed by atoms with Crippen molar-refractivity contribution >= 4 is 5.78 Å². The fourth-order valence-corrected chi connectivity index (χ4v) is 1.84. The summed E-state index contributed by atoms with van der Waals surface area (Å²) in [5, 5.41) is 0. The first-order chi connectivity index (χ1) is 8.63. The van der Waals surface area contributed by atoms with E-state index in [0.29, 0.717) is 12.0 Å². The maximum atomic E-state index is 13.0. The van der Waals surface area contributed by atoms with E-state index in [1.807, 2.05) is 7.05 Å². The van der Waals surface area contributed by atoms with Gasteiger partial charge in [0.1, 0.15) is 5.82 Å². The van der Waals surface area contributed by atoms with Crippen molar-refractivity contribution in [3.63, 3.8) is 0 Å². The number of carbonyl (C=O) groups excluding carboxylic acids is 1. The molecule has 0 unspecified atom stereocenters. The number of hydrogen-bond acceptors (Lipinski definition) is 2. The van der Waals surface area contributed by atoms with Crippen molar-refractivity contribution in [2.24, 2.45) is 0 Å². The quantitative estimate of drug-likeness (QED) is 0.520. The molecule has 0 aliphatic rings. The molecule has 0 spiro atoms. The van der Waals surface area contributed by atoms with Crippen LogP contribution >= 0.6 is 0 Å². The zero-order valence-electron chi connectivity index (χ0n) is 11.3. The van der Waals surface area contributed by atoms with E-state index in [4.69, 9.17) is 0 Å². The summed E-state index contributed by atoms with van der Waals surface area (Å²) in [6, 6.07) is 5.91. The highest BCUT2D eigenvalue weighted by atomic mass is 19.1. The van der Waals surface area contributed by atoms with E-state index >= 15 is 0 Å². The Morgan fingerprint density at radius 3 is 2.72 bits per heavy atom. The summed E-state index contributed by atoms with van der Waals surface area (Å²) >= 11 is 0. The first kappa shape index (κ1) is 14.8. The van der Waals surface area contributed by atoms with Crippen LogP contribution in [0.4, 0.5) is 4.39 Å². The van der Waals surface area contributed by atoms with Crippen molar-refractivity contribution in [3.05, 3.63) is 35.6 Å². The normalized spacial score (nSPS) is 10.9. The number of Topliss-reactive ketones (excluding diaryl/α,β-unsaturated/α-hetero) is 1. The zero-order valence-corrected chi connectivity index (χ0v) is 11.3. The zero-order chi connectivity index (χ0) is 13.4. The Morgan fingerprint density at radius 1 is 1.28 bits per heavy atom. The number of halogens is 1. The van der Waals surface area contributed by atoms with Crippen LogP contribution in [0.25, 0.3) is 0 Å². The third-order valence-corrected chi connectivity index (χ3v) is 3.01. The number of unbranched alkanes of at least 4 members (excludes halogenated alkanes) is 2. The highest BCUT2D eigenvalue weighted by molar-refractivity contribution is 5.96. The molecule has 3 heteroatoms. The van der Waals surface area contributed by atoms with E-state index in [0.717, 1.165) is 13.1 Å². The second-order valence-corrected chi connectivity index (χ2v) is 4.69. The summed E-state index contributed by atoms with van der Waals surface area (Å²) in [7, 11) is 2.02. The molecule has 0 aromatic heterocycles. The smallest absolute Gasteiger partial charge is 0.164 e. The lowest BCUT2D eigenvalue weighted by Gasteiger charge is -2.15. The summed E-state index contributed by atoms with van der Waals surface area (Å²) in [5.41, 5.74) is 0.469. The molecule has 0 aliphatic carbocycles. The number of ketones is 1. The van der Waals surface area contributed by atoms with E-state index in [1.54, 1.807) is 12.1 Å². The average Bonchev–Trinajstić information content (AvgIpc) is 2.36. The van der Waals surface area contributed by atoms with Gasteiger partial charge in [0, 0.05) is 18.5 Å². The van der Waals surface area contributed by atoms with Gasteiger partial charge in [-0.05, 0) is 32.1 Å². The molecule has 1 rings (SSSR count). The van der Waals surface area contributed by atoms with Gasteiger partial charge in [-0.15, -0.1) is 0 Å². The summed E-state index contributed by atoms with van der Waals surface area (Å²) in [6.45, 7) is 3.93. The Kier molecular flexibility index (Phi) is 6.58. The van der Waals surface area contributed by atoms with E-state index in [9.17, 15) is 9.18 Å². The number of hydrogen-bond donors (Lipinski definition) is 0. The second-order valence-electron chi connectivity index (χ2n) is 4.69. The van der Waals surface area contributed by atoms with Gasteiger partial charge in [-0.2, -0.15) is 0 Å². The fraction of sp³-hybridized carbons (Fsp3) is 0.533. The van der Waals surface area contributed by atoms with Crippen molar-refractivity contribution in [2.45, 2.75) is 32.6 Å². The predicted molar refractivity (Wildman–Crippen MR) is 72.4 cm³/mol. The number of benzene rings is 1. The molecule has 1 aromatic carbocycles. The highest BCUT2D eigenvalue weighted by Gasteiger charge is 2.08. The average molecular weight is 251 g/mol. The number of rotatable bonds is 8. The summed E-state index contributed by atoms with van der Waals surface area (Å²) in [5.74, 6) is -0.339. The lowest BCUT2D eigenvalue weighted by Crippen LogP contribution is -2.23. The Labute approximate surface area is 109 Å². The molecule has 0 amide bonds. The van der Waals surface area contributed by atoms with Crippen molar-refractivity contribution < 1.29 is 9.18 Å². The molecule has 0 radical (unpaired) electrons. The van der Waals surface area contributed by atoms with Crippen molar-refractivity contribution in [3.8, 4) is 0 Å². The van der Waals surface area contributed by atoms with Gasteiger partial charge in [-0.1, -0.05) is 31.9 Å². The molecule has 0 bridgehead atoms. The van der Waals surface area contributed by atoms with Gasteiger partial charge in [0.25, 0.3) is 0 Å². The number of carbonyl (C=O) groups is 1. The maximum Gasteiger partial charge on any atom is 0.164 e. The van der Waals surface area contributed by atoms with Crippen LogP contribution in [0, 0.1) is 5.82 Å². The summed E-state index contributed by atoms with van der Waals surface area (Å²) in [4.78, 5) is 14.0. The van der Waals surface area contributed by atoms with E-state index in [1.165, 1.54) is 31.4 Å². The minimum atomic E-state index is -0.350. The lowest BCUT2D eigenvalue weighted by molar-refractivity contribution is 0.0968. The van der Waals surface area contributed by atoms with Crippen LogP contribution in [0.5, 0.6) is 0 Å².